The SMILES string of the molecule is c1ccc(-n2c3ccccc3c3ccc(-c4ccc(C56c7ccccc7Oc7cccc(c75)Oc5ccccc56)cc4)cc32)cc1. The fraction of sp³-hybridized carbons (Fsp3) is 0.0233. The van der Waals surface area contributed by atoms with Crippen LogP contribution in [0.1, 0.15) is 22.3 Å². The number of ether oxygens (including phenoxy) is 2. The van der Waals surface area contributed by atoms with E-state index in [-0.39, 0.29) is 0 Å². The molecule has 0 spiro atoms. The maximum atomic E-state index is 6.51. The Morgan fingerprint density at radius 3 is 1.70 bits per heavy atom. The molecule has 2 aliphatic heterocycles. The quantitative estimate of drug-likeness (QED) is 0.205. The number of hydrogen-bond acceptors (Lipinski definition) is 2. The van der Waals surface area contributed by atoms with Gasteiger partial charge in [-0.1, -0.05) is 115 Å². The molecule has 0 amide bonds. The van der Waals surface area contributed by atoms with Crippen molar-refractivity contribution in [3.63, 3.8) is 0 Å². The highest BCUT2D eigenvalue weighted by atomic mass is 16.5. The number of para-hydroxylation sites is 4. The molecule has 0 N–H and O–H groups in total. The normalized spacial score (nSPS) is 13.7. The Morgan fingerprint density at radius 2 is 0.978 bits per heavy atom. The van der Waals surface area contributed by atoms with E-state index in [1.807, 2.05) is 18.2 Å². The summed E-state index contributed by atoms with van der Waals surface area (Å²) in [5.74, 6) is 3.39. The maximum absolute atomic E-state index is 6.51. The molecule has 0 bridgehead atoms. The molecule has 0 saturated carbocycles. The van der Waals surface area contributed by atoms with Crippen molar-refractivity contribution < 1.29 is 9.47 Å². The molecule has 8 aromatic rings. The van der Waals surface area contributed by atoms with Gasteiger partial charge in [-0.2, -0.15) is 0 Å². The van der Waals surface area contributed by atoms with Crippen molar-refractivity contribution in [1.29, 1.82) is 0 Å². The Morgan fingerprint density at radius 1 is 0.413 bits per heavy atom. The summed E-state index contributed by atoms with van der Waals surface area (Å²) in [6, 6.07) is 58.2. The largest absolute Gasteiger partial charge is 0.457 e. The summed E-state index contributed by atoms with van der Waals surface area (Å²) >= 11 is 0. The summed E-state index contributed by atoms with van der Waals surface area (Å²) in [4.78, 5) is 0. The van der Waals surface area contributed by atoms with Crippen LogP contribution in [0.25, 0.3) is 38.6 Å². The second-order valence-corrected chi connectivity index (χ2v) is 12.1. The summed E-state index contributed by atoms with van der Waals surface area (Å²) < 4.78 is 15.4. The van der Waals surface area contributed by atoms with Gasteiger partial charge in [-0.3, -0.25) is 0 Å². The van der Waals surface area contributed by atoms with E-state index >= 15 is 0 Å². The molecule has 3 nitrogen and oxygen atoms in total. The highest BCUT2D eigenvalue weighted by Crippen LogP contribution is 2.62. The Bertz CT molecular complexity index is 2410. The first-order chi connectivity index (χ1) is 22.8. The van der Waals surface area contributed by atoms with E-state index in [0.29, 0.717) is 0 Å². The lowest BCUT2D eigenvalue weighted by Gasteiger charge is -2.45. The fourth-order valence-electron chi connectivity index (χ4n) is 7.81. The van der Waals surface area contributed by atoms with Gasteiger partial charge < -0.3 is 14.0 Å². The van der Waals surface area contributed by atoms with E-state index in [1.54, 1.807) is 0 Å². The molecule has 0 unspecified atom stereocenters. The van der Waals surface area contributed by atoms with Crippen LogP contribution in [0.4, 0.5) is 0 Å². The van der Waals surface area contributed by atoms with Crippen molar-refractivity contribution in [2.75, 3.05) is 0 Å². The van der Waals surface area contributed by atoms with Crippen LogP contribution >= 0.6 is 0 Å². The van der Waals surface area contributed by atoms with Crippen LogP contribution in [0, 0.1) is 0 Å². The van der Waals surface area contributed by atoms with Crippen molar-refractivity contribution in [3.8, 4) is 39.8 Å². The highest BCUT2D eigenvalue weighted by Gasteiger charge is 2.50. The van der Waals surface area contributed by atoms with Crippen LogP contribution < -0.4 is 9.47 Å². The Hall–Kier alpha value is -6.06. The minimum atomic E-state index is -0.585. The number of nitrogens with zero attached hydrogens (tertiary/aromatic N) is 1. The first-order valence-electron chi connectivity index (χ1n) is 15.7. The van der Waals surface area contributed by atoms with Gasteiger partial charge in [0.15, 0.2) is 0 Å². The topological polar surface area (TPSA) is 23.4 Å². The summed E-state index contributed by atoms with van der Waals surface area (Å²) in [5, 5.41) is 2.51. The van der Waals surface area contributed by atoms with E-state index in [2.05, 4.69) is 150 Å². The van der Waals surface area contributed by atoms with E-state index in [1.165, 1.54) is 38.5 Å². The summed E-state index contributed by atoms with van der Waals surface area (Å²) in [6.07, 6.45) is 0. The zero-order valence-corrected chi connectivity index (χ0v) is 24.9. The van der Waals surface area contributed by atoms with Crippen molar-refractivity contribution in [1.82, 2.24) is 4.57 Å². The first-order valence-corrected chi connectivity index (χ1v) is 15.7. The summed E-state index contributed by atoms with van der Waals surface area (Å²) in [5.41, 5.74) is 9.79. The maximum Gasteiger partial charge on any atom is 0.135 e. The fourth-order valence-corrected chi connectivity index (χ4v) is 7.81. The van der Waals surface area contributed by atoms with E-state index < -0.39 is 5.41 Å². The van der Waals surface area contributed by atoms with Gasteiger partial charge >= 0.3 is 0 Å². The molecule has 1 aromatic heterocycles. The lowest BCUT2D eigenvalue weighted by molar-refractivity contribution is 0.385. The van der Waals surface area contributed by atoms with Crippen molar-refractivity contribution in [2.24, 2.45) is 0 Å². The Labute approximate surface area is 266 Å². The molecule has 0 fully saturated rings. The molecule has 46 heavy (non-hydrogen) atoms. The Kier molecular flexibility index (Phi) is 5.20. The average molecular weight is 590 g/mol. The minimum absolute atomic E-state index is 0.585. The number of benzene rings is 7. The lowest BCUT2D eigenvalue weighted by atomic mass is 9.62. The zero-order chi connectivity index (χ0) is 30.2. The standard InChI is InChI=1S/C43H27NO2/c1-2-11-31(12-3-1)44-36-16-7-4-13-32(36)33-26-23-29(27-37(33)44)28-21-24-30(25-22-28)43-34-14-5-8-17-38(34)45-40-19-10-20-41(42(40)43)46-39-18-9-6-15-35(39)43/h1-27H. The van der Waals surface area contributed by atoms with Gasteiger partial charge in [0, 0.05) is 27.6 Å². The van der Waals surface area contributed by atoms with Crippen LogP contribution in [0.2, 0.25) is 0 Å². The second kappa shape index (κ2) is 9.47. The number of rotatable bonds is 3. The van der Waals surface area contributed by atoms with E-state index in [9.17, 15) is 0 Å². The lowest BCUT2D eigenvalue weighted by Crippen LogP contribution is -2.36. The third-order valence-electron chi connectivity index (χ3n) is 9.72. The van der Waals surface area contributed by atoms with Gasteiger partial charge in [0.25, 0.3) is 0 Å². The third kappa shape index (κ3) is 3.37. The van der Waals surface area contributed by atoms with Crippen LogP contribution in [0.5, 0.6) is 23.0 Å². The van der Waals surface area contributed by atoms with Gasteiger partial charge in [0.05, 0.1) is 22.0 Å². The second-order valence-electron chi connectivity index (χ2n) is 12.1. The predicted molar refractivity (Wildman–Crippen MR) is 185 cm³/mol. The van der Waals surface area contributed by atoms with Crippen molar-refractivity contribution >= 4 is 21.8 Å². The molecular weight excluding hydrogens is 562 g/mol. The minimum Gasteiger partial charge on any atom is -0.457 e. The van der Waals surface area contributed by atoms with Crippen LogP contribution in [-0.2, 0) is 5.41 Å². The van der Waals surface area contributed by atoms with Gasteiger partial charge in [-0.25, -0.2) is 0 Å². The molecule has 0 saturated heterocycles. The van der Waals surface area contributed by atoms with Gasteiger partial charge in [-0.15, -0.1) is 0 Å². The number of hydrogen-bond donors (Lipinski definition) is 0. The molecule has 0 radical (unpaired) electrons. The van der Waals surface area contributed by atoms with Crippen LogP contribution in [-0.4, -0.2) is 4.57 Å². The molecule has 3 heterocycles. The highest BCUT2D eigenvalue weighted by molar-refractivity contribution is 6.10. The molecule has 0 aliphatic carbocycles. The molecule has 7 aromatic carbocycles. The van der Waals surface area contributed by atoms with Gasteiger partial charge in [0.2, 0.25) is 0 Å². The molecule has 0 atom stereocenters. The third-order valence-corrected chi connectivity index (χ3v) is 9.72. The first kappa shape index (κ1) is 25.3. The monoisotopic (exact) mass is 589 g/mol. The van der Waals surface area contributed by atoms with Crippen molar-refractivity contribution in [2.45, 2.75) is 5.41 Å². The molecule has 2 aliphatic rings. The van der Waals surface area contributed by atoms with E-state index in [0.717, 1.165) is 45.4 Å². The van der Waals surface area contributed by atoms with Crippen molar-refractivity contribution in [3.05, 3.63) is 186 Å². The predicted octanol–water partition coefficient (Wildman–Crippen LogP) is 11.0. The smallest absolute Gasteiger partial charge is 0.135 e. The Balaban J connectivity index is 1.19. The van der Waals surface area contributed by atoms with Gasteiger partial charge in [0.1, 0.15) is 23.0 Å². The molecule has 10 rings (SSSR count). The molecule has 3 heteroatoms. The van der Waals surface area contributed by atoms with E-state index in [4.69, 9.17) is 9.47 Å². The zero-order valence-electron chi connectivity index (χ0n) is 24.9. The van der Waals surface area contributed by atoms with Gasteiger partial charge in [-0.05, 0) is 65.2 Å². The summed E-state index contributed by atoms with van der Waals surface area (Å²) in [6.45, 7) is 0. The number of aromatic nitrogens is 1. The molecule has 216 valence electrons. The average Bonchev–Trinajstić information content (AvgIpc) is 3.45. The number of fused-ring (bicyclic) bond motifs is 7. The van der Waals surface area contributed by atoms with Crippen LogP contribution in [0.3, 0.4) is 0 Å². The summed E-state index contributed by atoms with van der Waals surface area (Å²) in [7, 11) is 0. The van der Waals surface area contributed by atoms with Crippen LogP contribution in [0.15, 0.2) is 164 Å². The molecular formula is C43H27NO2.